The Morgan fingerprint density at radius 2 is 1.93 bits per heavy atom. The molecule has 2 saturated carbocycles. The van der Waals surface area contributed by atoms with Gasteiger partial charge >= 0.3 is 0 Å². The third kappa shape index (κ3) is 2.15. The van der Waals surface area contributed by atoms with Crippen molar-refractivity contribution in [3.63, 3.8) is 0 Å². The first-order valence-electron chi connectivity index (χ1n) is 6.66. The van der Waals surface area contributed by atoms with E-state index in [0.717, 1.165) is 29.6 Å². The van der Waals surface area contributed by atoms with Gasteiger partial charge in [-0.2, -0.15) is 0 Å². The quantitative estimate of drug-likeness (QED) is 0.621. The fourth-order valence-electron chi connectivity index (χ4n) is 3.90. The summed E-state index contributed by atoms with van der Waals surface area (Å²) in [5.41, 5.74) is 0. The Bertz CT molecular complexity index is 182. The molecule has 0 amide bonds. The van der Waals surface area contributed by atoms with Crippen LogP contribution in [0.2, 0.25) is 0 Å². The maximum Gasteiger partial charge on any atom is -0.0355 e. The van der Waals surface area contributed by atoms with Gasteiger partial charge in [-0.05, 0) is 61.7 Å². The van der Waals surface area contributed by atoms with Gasteiger partial charge < -0.3 is 0 Å². The summed E-state index contributed by atoms with van der Waals surface area (Å²) in [7, 11) is 0. The van der Waals surface area contributed by atoms with E-state index in [2.05, 4.69) is 20.8 Å². The summed E-state index contributed by atoms with van der Waals surface area (Å²) < 4.78 is 0. The fourth-order valence-corrected chi connectivity index (χ4v) is 3.90. The highest BCUT2D eigenvalue weighted by molar-refractivity contribution is 4.91. The van der Waals surface area contributed by atoms with E-state index < -0.39 is 0 Å². The topological polar surface area (TPSA) is 0 Å². The molecular formula is C14H26. The van der Waals surface area contributed by atoms with Crippen molar-refractivity contribution < 1.29 is 0 Å². The molecule has 2 rings (SSSR count). The van der Waals surface area contributed by atoms with E-state index >= 15 is 0 Å². The normalized spacial score (nSPS) is 42.0. The number of hydrogen-bond donors (Lipinski definition) is 0. The molecule has 0 bridgehead atoms. The average molecular weight is 194 g/mol. The van der Waals surface area contributed by atoms with E-state index in [1.807, 2.05) is 0 Å². The minimum absolute atomic E-state index is 0.910. The highest BCUT2D eigenvalue weighted by Gasteiger charge is 2.41. The molecule has 0 radical (unpaired) electrons. The highest BCUT2D eigenvalue weighted by Crippen LogP contribution is 2.51. The lowest BCUT2D eigenvalue weighted by atomic mass is 9.86. The van der Waals surface area contributed by atoms with Crippen LogP contribution in [0.4, 0.5) is 0 Å². The first kappa shape index (κ1) is 10.5. The van der Waals surface area contributed by atoms with Crippen LogP contribution in [0.1, 0.15) is 59.3 Å². The molecule has 4 atom stereocenters. The van der Waals surface area contributed by atoms with Crippen molar-refractivity contribution in [1.29, 1.82) is 0 Å². The second-order valence-corrected chi connectivity index (χ2v) is 6.31. The molecule has 0 saturated heterocycles. The van der Waals surface area contributed by atoms with Gasteiger partial charge in [0.05, 0.1) is 0 Å². The van der Waals surface area contributed by atoms with Crippen LogP contribution in [-0.2, 0) is 0 Å². The second-order valence-electron chi connectivity index (χ2n) is 6.31. The van der Waals surface area contributed by atoms with Gasteiger partial charge in [0.1, 0.15) is 0 Å². The Morgan fingerprint density at radius 1 is 1.14 bits per heavy atom. The molecule has 0 N–H and O–H groups in total. The SMILES string of the molecule is CC(C)CCC1CCC2CC(C)CC12. The summed E-state index contributed by atoms with van der Waals surface area (Å²) in [4.78, 5) is 0. The Kier molecular flexibility index (Phi) is 3.19. The highest BCUT2D eigenvalue weighted by atomic mass is 14.5. The van der Waals surface area contributed by atoms with Gasteiger partial charge in [0.25, 0.3) is 0 Å². The predicted molar refractivity (Wildman–Crippen MR) is 62.2 cm³/mol. The second kappa shape index (κ2) is 4.24. The zero-order valence-corrected chi connectivity index (χ0v) is 10.1. The first-order chi connectivity index (χ1) is 6.66. The maximum absolute atomic E-state index is 2.46. The van der Waals surface area contributed by atoms with E-state index in [1.54, 1.807) is 25.7 Å². The lowest BCUT2D eigenvalue weighted by Crippen LogP contribution is -2.10. The largest absolute Gasteiger partial charge is 0.0628 e. The van der Waals surface area contributed by atoms with Gasteiger partial charge in [0.2, 0.25) is 0 Å². The van der Waals surface area contributed by atoms with Gasteiger partial charge in [-0.1, -0.05) is 27.2 Å². The minimum atomic E-state index is 0.910. The molecular weight excluding hydrogens is 168 g/mol. The van der Waals surface area contributed by atoms with E-state index in [4.69, 9.17) is 0 Å². The smallest absolute Gasteiger partial charge is 0.0355 e. The summed E-state index contributed by atoms with van der Waals surface area (Å²) in [6.45, 7) is 7.19. The fraction of sp³-hybridized carbons (Fsp3) is 1.00. The molecule has 2 aliphatic rings. The van der Waals surface area contributed by atoms with Crippen LogP contribution in [-0.4, -0.2) is 0 Å². The zero-order chi connectivity index (χ0) is 10.1. The molecule has 14 heavy (non-hydrogen) atoms. The zero-order valence-electron chi connectivity index (χ0n) is 10.1. The van der Waals surface area contributed by atoms with Crippen molar-refractivity contribution in [2.24, 2.45) is 29.6 Å². The maximum atomic E-state index is 2.46. The van der Waals surface area contributed by atoms with Crippen LogP contribution in [0.5, 0.6) is 0 Å². The van der Waals surface area contributed by atoms with Gasteiger partial charge in [-0.25, -0.2) is 0 Å². The van der Waals surface area contributed by atoms with Crippen molar-refractivity contribution in [3.8, 4) is 0 Å². The van der Waals surface area contributed by atoms with Gasteiger partial charge in [0.15, 0.2) is 0 Å². The summed E-state index contributed by atoms with van der Waals surface area (Å²) in [6, 6.07) is 0. The third-order valence-corrected chi connectivity index (χ3v) is 4.61. The molecule has 4 unspecified atom stereocenters. The molecule has 0 heterocycles. The molecule has 0 aromatic heterocycles. The molecule has 2 aliphatic carbocycles. The minimum Gasteiger partial charge on any atom is -0.0628 e. The molecule has 0 spiro atoms. The molecule has 0 nitrogen and oxygen atoms in total. The van der Waals surface area contributed by atoms with E-state index in [0.29, 0.717) is 0 Å². The van der Waals surface area contributed by atoms with Crippen molar-refractivity contribution in [3.05, 3.63) is 0 Å². The lowest BCUT2D eigenvalue weighted by molar-refractivity contribution is 0.309. The molecule has 0 aromatic rings. The molecule has 0 heteroatoms. The van der Waals surface area contributed by atoms with Crippen molar-refractivity contribution >= 4 is 0 Å². The monoisotopic (exact) mass is 194 g/mol. The average Bonchev–Trinajstić information content (AvgIpc) is 2.60. The number of rotatable bonds is 3. The van der Waals surface area contributed by atoms with Crippen LogP contribution in [0.15, 0.2) is 0 Å². The Hall–Kier alpha value is 0. The van der Waals surface area contributed by atoms with E-state index in [9.17, 15) is 0 Å². The van der Waals surface area contributed by atoms with Crippen molar-refractivity contribution in [2.75, 3.05) is 0 Å². The lowest BCUT2D eigenvalue weighted by Gasteiger charge is -2.19. The van der Waals surface area contributed by atoms with E-state index in [-0.39, 0.29) is 0 Å². The van der Waals surface area contributed by atoms with Crippen LogP contribution < -0.4 is 0 Å². The van der Waals surface area contributed by atoms with Crippen molar-refractivity contribution in [2.45, 2.75) is 59.3 Å². The molecule has 0 aromatic carbocycles. The predicted octanol–water partition coefficient (Wildman–Crippen LogP) is 4.49. The van der Waals surface area contributed by atoms with Crippen LogP contribution in [0.3, 0.4) is 0 Å². The van der Waals surface area contributed by atoms with Gasteiger partial charge in [0, 0.05) is 0 Å². The molecule has 82 valence electrons. The molecule has 2 fully saturated rings. The van der Waals surface area contributed by atoms with Crippen LogP contribution in [0, 0.1) is 29.6 Å². The third-order valence-electron chi connectivity index (χ3n) is 4.61. The van der Waals surface area contributed by atoms with E-state index in [1.165, 1.54) is 12.8 Å². The summed E-state index contributed by atoms with van der Waals surface area (Å²) in [6.07, 6.45) is 9.18. The number of fused-ring (bicyclic) bond motifs is 1. The Balaban J connectivity index is 1.83. The number of hydrogen-bond acceptors (Lipinski definition) is 0. The standard InChI is InChI=1S/C14H26/c1-10(2)4-5-12-6-7-13-8-11(3)9-14(12)13/h10-14H,4-9H2,1-3H3. The first-order valence-corrected chi connectivity index (χ1v) is 6.66. The van der Waals surface area contributed by atoms with Crippen molar-refractivity contribution in [1.82, 2.24) is 0 Å². The van der Waals surface area contributed by atoms with Gasteiger partial charge in [-0.15, -0.1) is 0 Å². The Labute approximate surface area is 89.5 Å². The summed E-state index contributed by atoms with van der Waals surface area (Å²) in [5.74, 6) is 5.30. The van der Waals surface area contributed by atoms with Crippen LogP contribution in [0.25, 0.3) is 0 Å². The Morgan fingerprint density at radius 3 is 2.64 bits per heavy atom. The van der Waals surface area contributed by atoms with Gasteiger partial charge in [-0.3, -0.25) is 0 Å². The van der Waals surface area contributed by atoms with Crippen LogP contribution >= 0.6 is 0 Å². The summed E-state index contributed by atoms with van der Waals surface area (Å²) >= 11 is 0. The molecule has 0 aliphatic heterocycles. The summed E-state index contributed by atoms with van der Waals surface area (Å²) in [5, 5.41) is 0.